The van der Waals surface area contributed by atoms with Crippen LogP contribution in [0.5, 0.6) is 0 Å². The number of nitrogens with two attached hydrogens (primary N) is 1. The number of ether oxygens (including phenoxy) is 1. The Balaban J connectivity index is 2.31. The number of rotatable bonds is 7. The number of carbonyl (C=O) groups excluding carboxylic acids is 1. The molecule has 0 unspecified atom stereocenters. The summed E-state index contributed by atoms with van der Waals surface area (Å²) >= 11 is 0. The highest BCUT2D eigenvalue weighted by Gasteiger charge is 2.16. The minimum absolute atomic E-state index is 0.0870. The molecule has 1 aromatic carbocycles. The lowest BCUT2D eigenvalue weighted by Gasteiger charge is -2.08. The quantitative estimate of drug-likeness (QED) is 0.610. The van der Waals surface area contributed by atoms with Gasteiger partial charge < -0.3 is 10.5 Å². The number of hydrogen-bond donors (Lipinski definition) is 1. The van der Waals surface area contributed by atoms with Crippen LogP contribution in [0.15, 0.2) is 24.3 Å². The van der Waals surface area contributed by atoms with Crippen LogP contribution >= 0.6 is 0 Å². The van der Waals surface area contributed by atoms with Crippen molar-refractivity contribution in [1.29, 1.82) is 0 Å². The number of esters is 1. The van der Waals surface area contributed by atoms with Crippen LogP contribution in [0.2, 0.25) is 0 Å². The second-order valence-corrected chi connectivity index (χ2v) is 7.56. The van der Waals surface area contributed by atoms with E-state index >= 15 is 0 Å². The molecule has 1 aromatic rings. The van der Waals surface area contributed by atoms with E-state index in [-0.39, 0.29) is 18.8 Å². The van der Waals surface area contributed by atoms with Crippen molar-refractivity contribution in [3.05, 3.63) is 29.8 Å². The predicted octanol–water partition coefficient (Wildman–Crippen LogP) is 1.57. The second kappa shape index (κ2) is 7.28. The molecule has 0 heterocycles. The molecule has 0 aliphatic rings. The van der Waals surface area contributed by atoms with Crippen LogP contribution in [-0.2, 0) is 25.8 Å². The lowest BCUT2D eigenvalue weighted by Crippen LogP contribution is -2.22. The maximum absolute atomic E-state index is 11.5. The molecule has 0 aliphatic heterocycles. The van der Waals surface area contributed by atoms with Crippen LogP contribution in [0.25, 0.3) is 0 Å². The summed E-state index contributed by atoms with van der Waals surface area (Å²) < 4.78 is 28.0. The van der Waals surface area contributed by atoms with Gasteiger partial charge in [0.15, 0.2) is 9.84 Å². The third-order valence-electron chi connectivity index (χ3n) is 2.92. The van der Waals surface area contributed by atoms with Gasteiger partial charge in [-0.25, -0.2) is 8.42 Å². The number of anilines is 1. The van der Waals surface area contributed by atoms with E-state index in [0.717, 1.165) is 5.56 Å². The molecule has 5 nitrogen and oxygen atoms in total. The Kier molecular flexibility index (Phi) is 6.01. The largest absolute Gasteiger partial charge is 0.465 e. The third kappa shape index (κ3) is 5.61. The van der Waals surface area contributed by atoms with Gasteiger partial charge in [-0.2, -0.15) is 0 Å². The number of aryl methyl sites for hydroxylation is 1. The molecule has 20 heavy (non-hydrogen) atoms. The molecule has 0 saturated heterocycles. The number of sulfone groups is 1. The van der Waals surface area contributed by atoms with E-state index in [1.807, 2.05) is 12.1 Å². The topological polar surface area (TPSA) is 86.5 Å². The first-order valence-electron chi connectivity index (χ1n) is 6.53. The highest BCUT2D eigenvalue weighted by molar-refractivity contribution is 7.91. The molecule has 0 saturated carbocycles. The van der Waals surface area contributed by atoms with Gasteiger partial charge in [-0.3, -0.25) is 4.79 Å². The van der Waals surface area contributed by atoms with E-state index in [9.17, 15) is 13.2 Å². The summed E-state index contributed by atoms with van der Waals surface area (Å²) in [6.07, 6.45) is 0.742. The normalized spacial score (nSPS) is 11.6. The third-order valence-corrected chi connectivity index (χ3v) is 5.09. The van der Waals surface area contributed by atoms with Gasteiger partial charge in [-0.15, -0.1) is 0 Å². The molecular formula is C14H21NO4S. The maximum Gasteiger partial charge on any atom is 0.306 e. The fourth-order valence-electron chi connectivity index (χ4n) is 1.57. The summed E-state index contributed by atoms with van der Waals surface area (Å²) in [6.45, 7) is 3.13. The van der Waals surface area contributed by atoms with Crippen molar-refractivity contribution in [2.75, 3.05) is 18.1 Å². The zero-order valence-corrected chi connectivity index (χ0v) is 12.7. The monoisotopic (exact) mass is 299 g/mol. The number of nitrogen functional groups attached to an aromatic ring is 1. The Morgan fingerprint density at radius 1 is 1.35 bits per heavy atom. The highest BCUT2D eigenvalue weighted by atomic mass is 32.2. The maximum atomic E-state index is 11.5. The average Bonchev–Trinajstić information content (AvgIpc) is 2.36. The Morgan fingerprint density at radius 2 is 2.05 bits per heavy atom. The van der Waals surface area contributed by atoms with E-state index in [1.165, 1.54) is 0 Å². The second-order valence-electron chi connectivity index (χ2n) is 4.88. The van der Waals surface area contributed by atoms with Crippen LogP contribution in [0.3, 0.4) is 0 Å². The lowest BCUT2D eigenvalue weighted by molar-refractivity contribution is -0.142. The van der Waals surface area contributed by atoms with Crippen molar-refractivity contribution in [2.45, 2.75) is 31.9 Å². The molecule has 0 radical (unpaired) electrons. The Labute approximate surface area is 120 Å². The van der Waals surface area contributed by atoms with Gasteiger partial charge in [0.2, 0.25) is 0 Å². The molecular weight excluding hydrogens is 278 g/mol. The number of carbonyl (C=O) groups is 1. The molecule has 0 aromatic heterocycles. The van der Waals surface area contributed by atoms with E-state index in [2.05, 4.69) is 0 Å². The molecule has 112 valence electrons. The molecule has 0 atom stereocenters. The van der Waals surface area contributed by atoms with Crippen molar-refractivity contribution in [3.63, 3.8) is 0 Å². The first-order chi connectivity index (χ1) is 9.31. The van der Waals surface area contributed by atoms with Crippen LogP contribution in [0.1, 0.15) is 25.8 Å². The van der Waals surface area contributed by atoms with Gasteiger partial charge in [-0.05, 0) is 38.0 Å². The number of hydrogen-bond acceptors (Lipinski definition) is 5. The molecule has 0 spiro atoms. The Morgan fingerprint density at radius 3 is 2.65 bits per heavy atom. The summed E-state index contributed by atoms with van der Waals surface area (Å²) in [6, 6.07) is 7.28. The van der Waals surface area contributed by atoms with Crippen molar-refractivity contribution in [1.82, 2.24) is 0 Å². The fraction of sp³-hybridized carbons (Fsp3) is 0.500. The zero-order chi connectivity index (χ0) is 15.2. The minimum Gasteiger partial charge on any atom is -0.465 e. The van der Waals surface area contributed by atoms with Gasteiger partial charge in [0.05, 0.1) is 11.0 Å². The molecule has 0 bridgehead atoms. The zero-order valence-electron chi connectivity index (χ0n) is 11.8. The van der Waals surface area contributed by atoms with Gasteiger partial charge in [-0.1, -0.05) is 12.1 Å². The predicted molar refractivity (Wildman–Crippen MR) is 79.1 cm³/mol. The van der Waals surface area contributed by atoms with E-state index in [0.29, 0.717) is 12.1 Å². The van der Waals surface area contributed by atoms with Crippen LogP contribution < -0.4 is 5.73 Å². The number of benzene rings is 1. The fourth-order valence-corrected chi connectivity index (χ4v) is 2.36. The standard InChI is InChI=1S/C14H21NO4S/c1-11(2)20(17,18)9-8-19-14(16)7-6-12-4-3-5-13(15)10-12/h3-5,10-11H,6-9,15H2,1-2H3. The molecule has 1 rings (SSSR count). The summed E-state index contributed by atoms with van der Waals surface area (Å²) in [5.41, 5.74) is 7.25. The van der Waals surface area contributed by atoms with Crippen molar-refractivity contribution in [2.24, 2.45) is 0 Å². The van der Waals surface area contributed by atoms with Crippen molar-refractivity contribution < 1.29 is 17.9 Å². The van der Waals surface area contributed by atoms with Crippen molar-refractivity contribution in [3.8, 4) is 0 Å². The highest BCUT2D eigenvalue weighted by Crippen LogP contribution is 2.09. The Hall–Kier alpha value is -1.56. The van der Waals surface area contributed by atoms with Gasteiger partial charge in [0.25, 0.3) is 0 Å². The molecule has 0 amide bonds. The van der Waals surface area contributed by atoms with E-state index < -0.39 is 21.1 Å². The van der Waals surface area contributed by atoms with E-state index in [1.54, 1.807) is 26.0 Å². The Bertz CT molecular complexity index is 552. The molecule has 0 fully saturated rings. The van der Waals surface area contributed by atoms with Gasteiger partial charge >= 0.3 is 5.97 Å². The summed E-state index contributed by atoms with van der Waals surface area (Å²) in [7, 11) is -3.16. The molecule has 2 N–H and O–H groups in total. The van der Waals surface area contributed by atoms with Gasteiger partial charge in [0, 0.05) is 12.1 Å². The average molecular weight is 299 g/mol. The molecule has 6 heteroatoms. The summed E-state index contributed by atoms with van der Waals surface area (Å²) in [5, 5.41) is -0.450. The summed E-state index contributed by atoms with van der Waals surface area (Å²) in [4.78, 5) is 11.5. The van der Waals surface area contributed by atoms with Gasteiger partial charge in [0.1, 0.15) is 6.61 Å². The molecule has 0 aliphatic carbocycles. The van der Waals surface area contributed by atoms with E-state index in [4.69, 9.17) is 10.5 Å². The summed E-state index contributed by atoms with van der Waals surface area (Å²) in [5.74, 6) is -0.527. The first-order valence-corrected chi connectivity index (χ1v) is 8.24. The SMILES string of the molecule is CC(C)S(=O)(=O)CCOC(=O)CCc1cccc(N)c1. The minimum atomic E-state index is -3.16. The first kappa shape index (κ1) is 16.5. The smallest absolute Gasteiger partial charge is 0.306 e. The van der Waals surface area contributed by atoms with Crippen molar-refractivity contribution >= 4 is 21.5 Å². The lowest BCUT2D eigenvalue weighted by atomic mass is 10.1. The van der Waals surface area contributed by atoms with Crippen LogP contribution in [0, 0.1) is 0 Å². The van der Waals surface area contributed by atoms with Crippen LogP contribution in [0.4, 0.5) is 5.69 Å². The van der Waals surface area contributed by atoms with Crippen LogP contribution in [-0.4, -0.2) is 32.0 Å².